The number of urea groups is 1. The van der Waals surface area contributed by atoms with Gasteiger partial charge in [0.1, 0.15) is 0 Å². The molecule has 1 aromatic carbocycles. The molecule has 0 saturated carbocycles. The van der Waals surface area contributed by atoms with Crippen molar-refractivity contribution in [3.63, 3.8) is 0 Å². The van der Waals surface area contributed by atoms with Gasteiger partial charge in [0, 0.05) is 23.1 Å². The summed E-state index contributed by atoms with van der Waals surface area (Å²) in [5, 5.41) is 13.9. The normalized spacial score (nSPS) is 10.0. The summed E-state index contributed by atoms with van der Waals surface area (Å²) in [6.07, 6.45) is 1.29. The number of hydrogen-bond donors (Lipinski definition) is 3. The number of amides is 2. The number of carboxylic acids is 1. The third-order valence-corrected chi connectivity index (χ3v) is 3.04. The fourth-order valence-corrected chi connectivity index (χ4v) is 1.99. The van der Waals surface area contributed by atoms with Gasteiger partial charge in [-0.2, -0.15) is 0 Å². The van der Waals surface area contributed by atoms with E-state index in [0.717, 1.165) is 22.1 Å². The Bertz CT molecular complexity index is 463. The van der Waals surface area contributed by atoms with Gasteiger partial charge < -0.3 is 15.7 Å². The van der Waals surface area contributed by atoms with Crippen LogP contribution in [0.15, 0.2) is 22.7 Å². The average molecular weight is 329 g/mol. The standard InChI is InChI=1S/C13H17BrN2O3/c1-2-9-8-10(14)5-6-11(9)16-13(19)15-7-3-4-12(17)18/h5-6,8H,2-4,7H2,1H3,(H,17,18)(H2,15,16,19). The summed E-state index contributed by atoms with van der Waals surface area (Å²) in [7, 11) is 0. The summed E-state index contributed by atoms with van der Waals surface area (Å²) >= 11 is 3.38. The van der Waals surface area contributed by atoms with E-state index in [1.807, 2.05) is 25.1 Å². The molecule has 0 atom stereocenters. The highest BCUT2D eigenvalue weighted by Crippen LogP contribution is 2.21. The number of carbonyl (C=O) groups is 2. The maximum absolute atomic E-state index is 11.6. The van der Waals surface area contributed by atoms with Crippen molar-refractivity contribution in [2.45, 2.75) is 26.2 Å². The largest absolute Gasteiger partial charge is 0.481 e. The molecule has 5 nitrogen and oxygen atoms in total. The quantitative estimate of drug-likeness (QED) is 0.702. The van der Waals surface area contributed by atoms with Crippen LogP contribution in [-0.4, -0.2) is 23.7 Å². The van der Waals surface area contributed by atoms with E-state index in [1.54, 1.807) is 0 Å². The molecule has 0 spiro atoms. The highest BCUT2D eigenvalue weighted by Gasteiger charge is 2.06. The zero-order valence-electron chi connectivity index (χ0n) is 10.7. The van der Waals surface area contributed by atoms with Crippen LogP contribution in [0.3, 0.4) is 0 Å². The summed E-state index contributed by atoms with van der Waals surface area (Å²) in [6.45, 7) is 2.35. The van der Waals surface area contributed by atoms with E-state index < -0.39 is 5.97 Å². The van der Waals surface area contributed by atoms with Gasteiger partial charge in [-0.3, -0.25) is 4.79 Å². The van der Waals surface area contributed by atoms with Crippen LogP contribution >= 0.6 is 15.9 Å². The minimum atomic E-state index is -0.858. The first-order chi connectivity index (χ1) is 9.02. The molecule has 19 heavy (non-hydrogen) atoms. The number of carbonyl (C=O) groups excluding carboxylic acids is 1. The maximum atomic E-state index is 11.6. The Morgan fingerprint density at radius 1 is 1.37 bits per heavy atom. The second kappa shape index (κ2) is 7.78. The lowest BCUT2D eigenvalue weighted by molar-refractivity contribution is -0.137. The van der Waals surface area contributed by atoms with Crippen LogP contribution in [0.4, 0.5) is 10.5 Å². The predicted octanol–water partition coefficient (Wildman–Crippen LogP) is 3.00. The number of rotatable bonds is 6. The minimum Gasteiger partial charge on any atom is -0.481 e. The van der Waals surface area contributed by atoms with E-state index in [2.05, 4.69) is 26.6 Å². The molecule has 1 aromatic rings. The van der Waals surface area contributed by atoms with Crippen LogP contribution in [0.2, 0.25) is 0 Å². The van der Waals surface area contributed by atoms with Gasteiger partial charge in [-0.25, -0.2) is 4.79 Å². The molecule has 0 aliphatic carbocycles. The topological polar surface area (TPSA) is 78.4 Å². The minimum absolute atomic E-state index is 0.0543. The molecule has 0 unspecified atom stereocenters. The Hall–Kier alpha value is -1.56. The Balaban J connectivity index is 2.46. The molecule has 0 fully saturated rings. The number of anilines is 1. The fraction of sp³-hybridized carbons (Fsp3) is 0.385. The van der Waals surface area contributed by atoms with Gasteiger partial charge in [0.05, 0.1) is 0 Å². The van der Waals surface area contributed by atoms with Gasteiger partial charge in [0.25, 0.3) is 0 Å². The maximum Gasteiger partial charge on any atom is 0.319 e. The lowest BCUT2D eigenvalue weighted by Crippen LogP contribution is -2.30. The molecule has 104 valence electrons. The zero-order chi connectivity index (χ0) is 14.3. The van der Waals surface area contributed by atoms with Gasteiger partial charge in [-0.05, 0) is 36.6 Å². The molecule has 0 bridgehead atoms. The van der Waals surface area contributed by atoms with Gasteiger partial charge in [0.15, 0.2) is 0 Å². The third-order valence-electron chi connectivity index (χ3n) is 2.55. The van der Waals surface area contributed by atoms with Gasteiger partial charge in [-0.1, -0.05) is 22.9 Å². The predicted molar refractivity (Wildman–Crippen MR) is 77.4 cm³/mol. The first kappa shape index (κ1) is 15.5. The summed E-state index contributed by atoms with van der Waals surface area (Å²) in [5.41, 5.74) is 1.80. The van der Waals surface area contributed by atoms with Gasteiger partial charge >= 0.3 is 12.0 Å². The van der Waals surface area contributed by atoms with E-state index in [1.165, 1.54) is 0 Å². The zero-order valence-corrected chi connectivity index (χ0v) is 12.3. The van der Waals surface area contributed by atoms with Crippen molar-refractivity contribution in [3.8, 4) is 0 Å². The van der Waals surface area contributed by atoms with E-state index in [4.69, 9.17) is 5.11 Å². The van der Waals surface area contributed by atoms with Crippen molar-refractivity contribution in [1.82, 2.24) is 5.32 Å². The van der Waals surface area contributed by atoms with Crippen molar-refractivity contribution in [3.05, 3.63) is 28.2 Å². The third kappa shape index (κ3) is 5.74. The fourth-order valence-electron chi connectivity index (χ4n) is 1.58. The second-order valence-corrected chi connectivity index (χ2v) is 4.95. The van der Waals surface area contributed by atoms with E-state index in [9.17, 15) is 9.59 Å². The first-order valence-corrected chi connectivity index (χ1v) is 6.87. The van der Waals surface area contributed by atoms with Crippen LogP contribution in [0, 0.1) is 0 Å². The number of aryl methyl sites for hydroxylation is 1. The smallest absolute Gasteiger partial charge is 0.319 e. The molecule has 2 amide bonds. The lowest BCUT2D eigenvalue weighted by atomic mass is 10.1. The van der Waals surface area contributed by atoms with Crippen molar-refractivity contribution >= 4 is 33.6 Å². The van der Waals surface area contributed by atoms with Crippen molar-refractivity contribution in [2.75, 3.05) is 11.9 Å². The summed E-state index contributed by atoms with van der Waals surface area (Å²) < 4.78 is 0.969. The number of nitrogens with one attached hydrogen (secondary N) is 2. The highest BCUT2D eigenvalue weighted by molar-refractivity contribution is 9.10. The van der Waals surface area contributed by atoms with Crippen LogP contribution in [0.5, 0.6) is 0 Å². The van der Waals surface area contributed by atoms with Crippen molar-refractivity contribution < 1.29 is 14.7 Å². The summed E-state index contributed by atoms with van der Waals surface area (Å²) in [6, 6.07) is 5.33. The average Bonchev–Trinajstić information content (AvgIpc) is 2.36. The molecular weight excluding hydrogens is 312 g/mol. The van der Waals surface area contributed by atoms with E-state index >= 15 is 0 Å². The Morgan fingerprint density at radius 3 is 2.74 bits per heavy atom. The van der Waals surface area contributed by atoms with Crippen LogP contribution in [0.25, 0.3) is 0 Å². The van der Waals surface area contributed by atoms with E-state index in [-0.39, 0.29) is 12.5 Å². The molecule has 0 aliphatic rings. The van der Waals surface area contributed by atoms with Crippen molar-refractivity contribution in [1.29, 1.82) is 0 Å². The molecule has 3 N–H and O–H groups in total. The van der Waals surface area contributed by atoms with Crippen LogP contribution in [-0.2, 0) is 11.2 Å². The van der Waals surface area contributed by atoms with Crippen LogP contribution < -0.4 is 10.6 Å². The summed E-state index contributed by atoms with van der Waals surface area (Å²) in [5.74, 6) is -0.858. The first-order valence-electron chi connectivity index (χ1n) is 6.08. The number of benzene rings is 1. The molecule has 0 radical (unpaired) electrons. The Labute approximate surface area is 120 Å². The van der Waals surface area contributed by atoms with E-state index in [0.29, 0.717) is 13.0 Å². The molecule has 0 saturated heterocycles. The number of hydrogen-bond acceptors (Lipinski definition) is 2. The van der Waals surface area contributed by atoms with Gasteiger partial charge in [0.2, 0.25) is 0 Å². The van der Waals surface area contributed by atoms with Gasteiger partial charge in [-0.15, -0.1) is 0 Å². The SMILES string of the molecule is CCc1cc(Br)ccc1NC(=O)NCCCC(=O)O. The number of carboxylic acid groups (broad SMARTS) is 1. The molecule has 0 heterocycles. The second-order valence-electron chi connectivity index (χ2n) is 4.03. The summed E-state index contributed by atoms with van der Waals surface area (Å²) in [4.78, 5) is 21.9. The molecule has 0 aliphatic heterocycles. The Morgan fingerprint density at radius 2 is 2.11 bits per heavy atom. The number of halogens is 1. The highest BCUT2D eigenvalue weighted by atomic mass is 79.9. The molecule has 0 aromatic heterocycles. The molecule has 1 rings (SSSR count). The number of aliphatic carboxylic acids is 1. The molecular formula is C13H17BrN2O3. The Kier molecular flexibility index (Phi) is 6.35. The van der Waals surface area contributed by atoms with Crippen LogP contribution in [0.1, 0.15) is 25.3 Å². The molecule has 6 heteroatoms. The lowest BCUT2D eigenvalue weighted by Gasteiger charge is -2.11. The van der Waals surface area contributed by atoms with Crippen molar-refractivity contribution in [2.24, 2.45) is 0 Å². The monoisotopic (exact) mass is 328 g/mol.